The van der Waals surface area contributed by atoms with Crippen molar-refractivity contribution in [3.8, 4) is 17.1 Å². The summed E-state index contributed by atoms with van der Waals surface area (Å²) in [6.45, 7) is 0. The number of benzene rings is 3. The van der Waals surface area contributed by atoms with E-state index in [1.165, 1.54) is 4.90 Å². The Morgan fingerprint density at radius 3 is 2.62 bits per heavy atom. The van der Waals surface area contributed by atoms with Gasteiger partial charge in [0.1, 0.15) is 23.0 Å². The number of nitrogens with two attached hydrogens (primary N) is 1. The van der Waals surface area contributed by atoms with E-state index >= 15 is 0 Å². The highest BCUT2D eigenvalue weighted by molar-refractivity contribution is 6.32. The van der Waals surface area contributed by atoms with Crippen LogP contribution in [0.1, 0.15) is 5.76 Å². The summed E-state index contributed by atoms with van der Waals surface area (Å²) in [5.41, 5.74) is 7.73. The molecule has 0 saturated carbocycles. The summed E-state index contributed by atoms with van der Waals surface area (Å²) in [4.78, 5) is 18.7. The summed E-state index contributed by atoms with van der Waals surface area (Å²) < 4.78 is 11.1. The zero-order chi connectivity index (χ0) is 22.2. The van der Waals surface area contributed by atoms with E-state index in [1.807, 2.05) is 48.5 Å². The van der Waals surface area contributed by atoms with Gasteiger partial charge in [-0.2, -0.15) is 0 Å². The fourth-order valence-electron chi connectivity index (χ4n) is 3.64. The largest absolute Gasteiger partial charge is 0.495 e. The summed E-state index contributed by atoms with van der Waals surface area (Å²) in [5.74, 6) is 1.47. The van der Waals surface area contributed by atoms with Crippen LogP contribution in [-0.2, 0) is 4.79 Å². The van der Waals surface area contributed by atoms with Gasteiger partial charge in [-0.25, -0.2) is 9.89 Å². The van der Waals surface area contributed by atoms with Gasteiger partial charge in [0, 0.05) is 11.6 Å². The van der Waals surface area contributed by atoms with Crippen LogP contribution in [0.3, 0.4) is 0 Å². The number of halogens is 1. The molecule has 32 heavy (non-hydrogen) atoms. The molecule has 4 aromatic rings. The van der Waals surface area contributed by atoms with Gasteiger partial charge in [0.15, 0.2) is 0 Å². The number of guanidine groups is 1. The Morgan fingerprint density at radius 1 is 1.03 bits per heavy atom. The first-order valence-electron chi connectivity index (χ1n) is 9.86. The fourth-order valence-corrected chi connectivity index (χ4v) is 3.90. The van der Waals surface area contributed by atoms with E-state index in [0.29, 0.717) is 28.0 Å². The van der Waals surface area contributed by atoms with Crippen LogP contribution in [0, 0.1) is 0 Å². The maximum atomic E-state index is 13.0. The number of hydrogen-bond donors (Lipinski definition) is 1. The summed E-state index contributed by atoms with van der Waals surface area (Å²) in [7, 11) is 1.56. The van der Waals surface area contributed by atoms with Crippen molar-refractivity contribution in [2.75, 3.05) is 12.0 Å². The van der Waals surface area contributed by atoms with Crippen molar-refractivity contribution in [2.24, 2.45) is 10.7 Å². The minimum Gasteiger partial charge on any atom is -0.495 e. The van der Waals surface area contributed by atoms with Crippen LogP contribution >= 0.6 is 11.6 Å². The molecule has 1 amide bonds. The molecule has 0 spiro atoms. The van der Waals surface area contributed by atoms with Crippen LogP contribution in [0.5, 0.6) is 5.75 Å². The third-order valence-corrected chi connectivity index (χ3v) is 5.51. The molecular formula is C25H18ClN3O3. The highest BCUT2D eigenvalue weighted by Crippen LogP contribution is 2.32. The quantitative estimate of drug-likeness (QED) is 0.424. The summed E-state index contributed by atoms with van der Waals surface area (Å²) >= 11 is 6.21. The molecule has 0 aliphatic carbocycles. The van der Waals surface area contributed by atoms with Crippen molar-refractivity contribution in [3.05, 3.63) is 89.3 Å². The average Bonchev–Trinajstić information content (AvgIpc) is 3.37. The lowest BCUT2D eigenvalue weighted by molar-refractivity contribution is -0.113. The lowest BCUT2D eigenvalue weighted by Crippen LogP contribution is -2.37. The number of hydrogen-bond acceptors (Lipinski definition) is 5. The number of nitrogens with zero attached hydrogens (tertiary/aromatic N) is 2. The van der Waals surface area contributed by atoms with E-state index in [-0.39, 0.29) is 17.6 Å². The highest BCUT2D eigenvalue weighted by atomic mass is 35.5. The van der Waals surface area contributed by atoms with Crippen molar-refractivity contribution in [1.29, 1.82) is 0 Å². The second kappa shape index (κ2) is 7.90. The lowest BCUT2D eigenvalue weighted by Gasteiger charge is -2.16. The molecule has 0 atom stereocenters. The van der Waals surface area contributed by atoms with Gasteiger partial charge in [-0.05, 0) is 53.2 Å². The van der Waals surface area contributed by atoms with Crippen molar-refractivity contribution < 1.29 is 13.9 Å². The van der Waals surface area contributed by atoms with Gasteiger partial charge in [-0.1, -0.05) is 41.9 Å². The van der Waals surface area contributed by atoms with Crippen LogP contribution in [0.2, 0.25) is 5.02 Å². The smallest absolute Gasteiger partial charge is 0.284 e. The molecule has 1 aliphatic heterocycles. The maximum Gasteiger partial charge on any atom is 0.284 e. The van der Waals surface area contributed by atoms with Gasteiger partial charge < -0.3 is 14.9 Å². The van der Waals surface area contributed by atoms with E-state index in [2.05, 4.69) is 4.99 Å². The van der Waals surface area contributed by atoms with Crippen LogP contribution in [0.4, 0.5) is 5.69 Å². The van der Waals surface area contributed by atoms with E-state index in [1.54, 1.807) is 37.5 Å². The van der Waals surface area contributed by atoms with Crippen molar-refractivity contribution in [3.63, 3.8) is 0 Å². The Kier molecular flexibility index (Phi) is 4.92. The van der Waals surface area contributed by atoms with Gasteiger partial charge >= 0.3 is 0 Å². The van der Waals surface area contributed by atoms with Crippen molar-refractivity contribution >= 4 is 46.0 Å². The van der Waals surface area contributed by atoms with E-state index in [4.69, 9.17) is 26.5 Å². The Labute approximate surface area is 189 Å². The standard InChI is InChI=1S/C25H18ClN3O3/c1-31-23-10-7-17(13-20(23)26)22-11-9-19(32-22)14-21-24(30)29(25(27)28-21)18-8-6-15-4-2-3-5-16(15)12-18/h2-14H,1H3,(H2,27,28)/b21-14+. The minimum atomic E-state index is -0.316. The zero-order valence-electron chi connectivity index (χ0n) is 17.1. The number of ether oxygens (including phenoxy) is 1. The molecule has 0 radical (unpaired) electrons. The lowest BCUT2D eigenvalue weighted by atomic mass is 10.1. The number of fused-ring (bicyclic) bond motifs is 1. The van der Waals surface area contributed by atoms with Gasteiger partial charge in [-0.15, -0.1) is 0 Å². The second-order valence-electron chi connectivity index (χ2n) is 7.22. The minimum absolute atomic E-state index is 0.116. The number of rotatable bonds is 4. The Balaban J connectivity index is 1.43. The number of anilines is 1. The molecule has 0 fully saturated rings. The maximum absolute atomic E-state index is 13.0. The Hall–Kier alpha value is -4.03. The first kappa shape index (κ1) is 19.9. The Bertz CT molecular complexity index is 1420. The van der Waals surface area contributed by atoms with Gasteiger partial charge in [0.25, 0.3) is 5.91 Å². The predicted octanol–water partition coefficient (Wildman–Crippen LogP) is 5.46. The van der Waals surface area contributed by atoms with Crippen LogP contribution in [0.15, 0.2) is 87.9 Å². The van der Waals surface area contributed by atoms with E-state index < -0.39 is 0 Å². The van der Waals surface area contributed by atoms with E-state index in [9.17, 15) is 4.79 Å². The molecule has 0 unspecified atom stereocenters. The monoisotopic (exact) mass is 443 g/mol. The van der Waals surface area contributed by atoms with Crippen LogP contribution < -0.4 is 15.4 Å². The highest BCUT2D eigenvalue weighted by Gasteiger charge is 2.30. The number of carbonyl (C=O) groups is 1. The van der Waals surface area contributed by atoms with Crippen LogP contribution in [0.25, 0.3) is 28.2 Å². The average molecular weight is 444 g/mol. The normalized spacial score (nSPS) is 14.9. The molecule has 1 aliphatic rings. The molecule has 0 saturated heterocycles. The molecule has 1 aromatic heterocycles. The number of methoxy groups -OCH3 is 1. The molecule has 6 nitrogen and oxygen atoms in total. The van der Waals surface area contributed by atoms with Crippen molar-refractivity contribution in [1.82, 2.24) is 0 Å². The molecule has 158 valence electrons. The second-order valence-corrected chi connectivity index (χ2v) is 7.63. The summed E-state index contributed by atoms with van der Waals surface area (Å²) in [6, 6.07) is 22.6. The van der Waals surface area contributed by atoms with Gasteiger partial charge in [-0.3, -0.25) is 4.79 Å². The van der Waals surface area contributed by atoms with E-state index in [0.717, 1.165) is 16.3 Å². The Morgan fingerprint density at radius 2 is 1.84 bits per heavy atom. The third kappa shape index (κ3) is 3.50. The molecule has 3 aromatic carbocycles. The SMILES string of the molecule is COc1ccc(-c2ccc(/C=C3/N=C(N)N(c4ccc5ccccc5c4)C3=O)o2)cc1Cl. The molecular weight excluding hydrogens is 426 g/mol. The van der Waals surface area contributed by atoms with Crippen molar-refractivity contribution in [2.45, 2.75) is 0 Å². The van der Waals surface area contributed by atoms with Crippen LogP contribution in [-0.4, -0.2) is 19.0 Å². The van der Waals surface area contributed by atoms with Gasteiger partial charge in [0.05, 0.1) is 17.8 Å². The number of furan rings is 1. The molecule has 0 bridgehead atoms. The van der Waals surface area contributed by atoms with Gasteiger partial charge in [0.2, 0.25) is 5.96 Å². The molecule has 2 N–H and O–H groups in total. The first-order chi connectivity index (χ1) is 15.5. The number of carbonyl (C=O) groups excluding carboxylic acids is 1. The number of amides is 1. The summed E-state index contributed by atoms with van der Waals surface area (Å²) in [5, 5.41) is 2.57. The fraction of sp³-hybridized carbons (Fsp3) is 0.0400. The first-order valence-corrected chi connectivity index (χ1v) is 10.2. The molecule has 7 heteroatoms. The molecule has 2 heterocycles. The summed E-state index contributed by atoms with van der Waals surface area (Å²) in [6.07, 6.45) is 1.57. The predicted molar refractivity (Wildman–Crippen MR) is 127 cm³/mol. The number of aliphatic imine (C=N–C) groups is 1. The third-order valence-electron chi connectivity index (χ3n) is 5.22. The zero-order valence-corrected chi connectivity index (χ0v) is 17.8. The topological polar surface area (TPSA) is 81.1 Å². The molecule has 5 rings (SSSR count).